The molecule has 0 saturated carbocycles. The lowest BCUT2D eigenvalue weighted by Gasteiger charge is -2.45. The molecule has 0 aliphatic carbocycles. The molecule has 1 aromatic carbocycles. The average Bonchev–Trinajstić information content (AvgIpc) is 2.38. The van der Waals surface area contributed by atoms with Crippen LogP contribution in [0.25, 0.3) is 0 Å². The lowest BCUT2D eigenvalue weighted by Crippen LogP contribution is -2.53. The SMILES string of the molecule is CC1Cc2ccccc2N(C2CNCCC2C)C1. The molecule has 1 fully saturated rings. The van der Waals surface area contributed by atoms with Crippen LogP contribution < -0.4 is 10.2 Å². The van der Waals surface area contributed by atoms with E-state index in [9.17, 15) is 0 Å². The zero-order valence-corrected chi connectivity index (χ0v) is 11.5. The van der Waals surface area contributed by atoms with Gasteiger partial charge >= 0.3 is 0 Å². The van der Waals surface area contributed by atoms with E-state index in [0.29, 0.717) is 6.04 Å². The molecule has 18 heavy (non-hydrogen) atoms. The van der Waals surface area contributed by atoms with E-state index in [0.717, 1.165) is 18.4 Å². The summed E-state index contributed by atoms with van der Waals surface area (Å²) in [7, 11) is 0. The second-order valence-corrected chi connectivity index (χ2v) is 6.13. The number of fused-ring (bicyclic) bond motifs is 1. The van der Waals surface area contributed by atoms with Crippen LogP contribution in [0.1, 0.15) is 25.8 Å². The summed E-state index contributed by atoms with van der Waals surface area (Å²) in [6, 6.07) is 9.64. The van der Waals surface area contributed by atoms with Crippen molar-refractivity contribution in [2.75, 3.05) is 24.5 Å². The molecule has 0 radical (unpaired) electrons. The Kier molecular flexibility index (Phi) is 3.29. The van der Waals surface area contributed by atoms with Crippen molar-refractivity contribution >= 4 is 5.69 Å². The Morgan fingerprint density at radius 2 is 2.06 bits per heavy atom. The van der Waals surface area contributed by atoms with Crippen LogP contribution in [0.5, 0.6) is 0 Å². The fourth-order valence-electron chi connectivity index (χ4n) is 3.54. The number of anilines is 1. The fourth-order valence-corrected chi connectivity index (χ4v) is 3.54. The van der Waals surface area contributed by atoms with Crippen molar-refractivity contribution in [2.24, 2.45) is 11.8 Å². The number of benzene rings is 1. The number of rotatable bonds is 1. The number of hydrogen-bond acceptors (Lipinski definition) is 2. The Morgan fingerprint density at radius 1 is 1.22 bits per heavy atom. The van der Waals surface area contributed by atoms with Gasteiger partial charge in [0.2, 0.25) is 0 Å². The van der Waals surface area contributed by atoms with E-state index >= 15 is 0 Å². The van der Waals surface area contributed by atoms with Gasteiger partial charge in [-0.15, -0.1) is 0 Å². The molecule has 0 amide bonds. The standard InChI is InChI=1S/C16H24N2/c1-12-9-14-5-3-4-6-15(14)18(11-12)16-10-17-8-7-13(16)2/h3-6,12-13,16-17H,7-11H2,1-2H3. The number of nitrogens with zero attached hydrogens (tertiary/aromatic N) is 1. The van der Waals surface area contributed by atoms with Crippen LogP contribution in [0.2, 0.25) is 0 Å². The van der Waals surface area contributed by atoms with Crippen LogP contribution in [0.3, 0.4) is 0 Å². The first-order valence-electron chi connectivity index (χ1n) is 7.31. The second kappa shape index (κ2) is 4.93. The Hall–Kier alpha value is -1.02. The number of nitrogens with one attached hydrogen (secondary N) is 1. The third-order valence-corrected chi connectivity index (χ3v) is 4.56. The topological polar surface area (TPSA) is 15.3 Å². The first-order chi connectivity index (χ1) is 8.75. The Balaban J connectivity index is 1.91. The molecular weight excluding hydrogens is 220 g/mol. The fraction of sp³-hybridized carbons (Fsp3) is 0.625. The van der Waals surface area contributed by atoms with Gasteiger partial charge in [-0.25, -0.2) is 0 Å². The predicted molar refractivity (Wildman–Crippen MR) is 77.1 cm³/mol. The van der Waals surface area contributed by atoms with Crippen molar-refractivity contribution in [3.05, 3.63) is 29.8 Å². The van der Waals surface area contributed by atoms with Gasteiger partial charge in [0.1, 0.15) is 0 Å². The quantitative estimate of drug-likeness (QED) is 0.817. The first kappa shape index (κ1) is 12.0. The van der Waals surface area contributed by atoms with Gasteiger partial charge in [0.25, 0.3) is 0 Å². The van der Waals surface area contributed by atoms with Gasteiger partial charge in [-0.3, -0.25) is 0 Å². The zero-order chi connectivity index (χ0) is 12.5. The van der Waals surface area contributed by atoms with Gasteiger partial charge < -0.3 is 10.2 Å². The summed E-state index contributed by atoms with van der Waals surface area (Å²) in [5, 5.41) is 3.57. The number of piperidine rings is 1. The molecule has 0 spiro atoms. The molecule has 3 rings (SSSR count). The highest BCUT2D eigenvalue weighted by Crippen LogP contribution is 2.33. The molecule has 0 aromatic heterocycles. The minimum atomic E-state index is 0.669. The molecule has 2 aliphatic heterocycles. The van der Waals surface area contributed by atoms with Crippen LogP contribution >= 0.6 is 0 Å². The highest BCUT2D eigenvalue weighted by Gasteiger charge is 2.31. The maximum absolute atomic E-state index is 3.57. The molecule has 2 nitrogen and oxygen atoms in total. The molecule has 1 aromatic rings. The second-order valence-electron chi connectivity index (χ2n) is 6.13. The Bertz CT molecular complexity index is 415. The monoisotopic (exact) mass is 244 g/mol. The lowest BCUT2D eigenvalue weighted by molar-refractivity contribution is 0.315. The van der Waals surface area contributed by atoms with Crippen molar-refractivity contribution in [2.45, 2.75) is 32.7 Å². The van der Waals surface area contributed by atoms with Crippen LogP contribution in [0, 0.1) is 11.8 Å². The molecule has 1 N–H and O–H groups in total. The zero-order valence-electron chi connectivity index (χ0n) is 11.5. The van der Waals surface area contributed by atoms with Crippen molar-refractivity contribution in [3.63, 3.8) is 0 Å². The summed E-state index contributed by atoms with van der Waals surface area (Å²) in [4.78, 5) is 2.67. The molecule has 2 heterocycles. The smallest absolute Gasteiger partial charge is 0.0440 e. The van der Waals surface area contributed by atoms with Crippen LogP contribution in [-0.4, -0.2) is 25.7 Å². The molecule has 2 heteroatoms. The predicted octanol–water partition coefficient (Wildman–Crippen LogP) is 2.68. The molecule has 0 bridgehead atoms. The van der Waals surface area contributed by atoms with E-state index < -0.39 is 0 Å². The van der Waals surface area contributed by atoms with Gasteiger partial charge in [-0.1, -0.05) is 32.0 Å². The van der Waals surface area contributed by atoms with E-state index in [2.05, 4.69) is 48.3 Å². The summed E-state index contributed by atoms with van der Waals surface area (Å²) in [6.45, 7) is 8.33. The van der Waals surface area contributed by atoms with Gasteiger partial charge in [0, 0.05) is 24.8 Å². The largest absolute Gasteiger partial charge is 0.366 e. The molecule has 1 saturated heterocycles. The van der Waals surface area contributed by atoms with Crippen molar-refractivity contribution in [3.8, 4) is 0 Å². The Morgan fingerprint density at radius 3 is 2.89 bits per heavy atom. The summed E-state index contributed by atoms with van der Waals surface area (Å²) in [6.07, 6.45) is 2.54. The minimum Gasteiger partial charge on any atom is -0.366 e. The highest BCUT2D eigenvalue weighted by molar-refractivity contribution is 5.56. The highest BCUT2D eigenvalue weighted by atomic mass is 15.2. The Labute approximate surface area is 110 Å². The maximum Gasteiger partial charge on any atom is 0.0440 e. The van der Waals surface area contributed by atoms with Crippen LogP contribution in [0.4, 0.5) is 5.69 Å². The normalized spacial score (nSPS) is 32.1. The van der Waals surface area contributed by atoms with Crippen LogP contribution in [-0.2, 0) is 6.42 Å². The third kappa shape index (κ3) is 2.14. The molecule has 2 aliphatic rings. The van der Waals surface area contributed by atoms with E-state index in [-0.39, 0.29) is 0 Å². The molecule has 3 atom stereocenters. The summed E-state index contributed by atoms with van der Waals surface area (Å²) >= 11 is 0. The van der Waals surface area contributed by atoms with Gasteiger partial charge in [0.05, 0.1) is 0 Å². The van der Waals surface area contributed by atoms with E-state index in [1.54, 1.807) is 0 Å². The van der Waals surface area contributed by atoms with Crippen molar-refractivity contribution in [1.29, 1.82) is 0 Å². The minimum absolute atomic E-state index is 0.669. The van der Waals surface area contributed by atoms with E-state index in [1.165, 1.54) is 37.2 Å². The summed E-state index contributed by atoms with van der Waals surface area (Å²) in [5.41, 5.74) is 3.02. The van der Waals surface area contributed by atoms with E-state index in [4.69, 9.17) is 0 Å². The van der Waals surface area contributed by atoms with Crippen LogP contribution in [0.15, 0.2) is 24.3 Å². The summed E-state index contributed by atoms with van der Waals surface area (Å²) < 4.78 is 0. The molecule has 3 unspecified atom stereocenters. The third-order valence-electron chi connectivity index (χ3n) is 4.56. The molecule has 98 valence electrons. The van der Waals surface area contributed by atoms with Gasteiger partial charge in [-0.05, 0) is 42.9 Å². The van der Waals surface area contributed by atoms with Crippen molar-refractivity contribution in [1.82, 2.24) is 5.32 Å². The number of hydrogen-bond donors (Lipinski definition) is 1. The molecular formula is C16H24N2. The lowest BCUT2D eigenvalue weighted by atomic mass is 9.87. The van der Waals surface area contributed by atoms with Crippen molar-refractivity contribution < 1.29 is 0 Å². The summed E-state index contributed by atoms with van der Waals surface area (Å²) in [5.74, 6) is 1.57. The van der Waals surface area contributed by atoms with E-state index in [1.807, 2.05) is 0 Å². The maximum atomic E-state index is 3.57. The van der Waals surface area contributed by atoms with Gasteiger partial charge in [-0.2, -0.15) is 0 Å². The van der Waals surface area contributed by atoms with Gasteiger partial charge in [0.15, 0.2) is 0 Å². The number of para-hydroxylation sites is 1. The average molecular weight is 244 g/mol. The first-order valence-corrected chi connectivity index (χ1v) is 7.31.